The minimum atomic E-state index is 0.288. The summed E-state index contributed by atoms with van der Waals surface area (Å²) in [5.74, 6) is 0.288. The van der Waals surface area contributed by atoms with Crippen LogP contribution in [0.3, 0.4) is 0 Å². The van der Waals surface area contributed by atoms with Gasteiger partial charge >= 0.3 is 5.88 Å². The molecule has 2 nitrogen and oxygen atoms in total. The van der Waals surface area contributed by atoms with E-state index in [1.54, 1.807) is 15.7 Å². The zero-order chi connectivity index (χ0) is 12.5. The molecule has 2 aromatic heterocycles. The number of fused-ring (bicyclic) bond motifs is 1. The lowest BCUT2D eigenvalue weighted by Crippen LogP contribution is -2.16. The van der Waals surface area contributed by atoms with Crippen molar-refractivity contribution in [2.75, 3.05) is 0 Å². The fourth-order valence-electron chi connectivity index (χ4n) is 1.60. The van der Waals surface area contributed by atoms with E-state index in [4.69, 9.17) is 11.6 Å². The number of hydrogen-bond acceptors (Lipinski definition) is 3. The number of pyridine rings is 1. The molecule has 0 radical (unpaired) electrons. The van der Waals surface area contributed by atoms with Gasteiger partial charge in [-0.25, -0.2) is 0 Å². The molecule has 18 heavy (non-hydrogen) atoms. The molecule has 0 bridgehead atoms. The normalized spacial score (nSPS) is 10.9. The maximum absolute atomic E-state index is 10.1. The fraction of sp³-hybridized carbons (Fsp3) is 0. The lowest BCUT2D eigenvalue weighted by molar-refractivity contribution is -0.520. The first-order valence-corrected chi connectivity index (χ1v) is 7.31. The van der Waals surface area contributed by atoms with Crippen LogP contribution in [0.1, 0.15) is 0 Å². The Morgan fingerprint density at radius 1 is 1.11 bits per heavy atom. The van der Waals surface area contributed by atoms with Gasteiger partial charge in [-0.05, 0) is 30.3 Å². The van der Waals surface area contributed by atoms with Gasteiger partial charge in [-0.1, -0.05) is 34.7 Å². The molecule has 90 valence electrons. The second-order valence-corrected chi connectivity index (χ2v) is 6.49. The van der Waals surface area contributed by atoms with Crippen molar-refractivity contribution < 1.29 is 9.51 Å². The van der Waals surface area contributed by atoms with Crippen LogP contribution in [-0.4, -0.2) is 5.11 Å². The zero-order valence-electron chi connectivity index (χ0n) is 9.21. The second-order valence-electron chi connectivity index (χ2n) is 3.68. The van der Waals surface area contributed by atoms with Gasteiger partial charge in [0.05, 0.1) is 0 Å². The summed E-state index contributed by atoms with van der Waals surface area (Å²) in [6.45, 7) is 0. The van der Waals surface area contributed by atoms with Crippen LogP contribution in [0.25, 0.3) is 4.83 Å². The molecular formula is C13H9ClNOS2+. The summed E-state index contributed by atoms with van der Waals surface area (Å²) in [7, 11) is 0. The average molecular weight is 295 g/mol. The third kappa shape index (κ3) is 2.19. The lowest BCUT2D eigenvalue weighted by atomic mass is 10.4. The van der Waals surface area contributed by atoms with E-state index in [-0.39, 0.29) is 5.88 Å². The van der Waals surface area contributed by atoms with E-state index in [0.717, 1.165) is 13.9 Å². The van der Waals surface area contributed by atoms with E-state index >= 15 is 0 Å². The Kier molecular flexibility index (Phi) is 3.16. The Balaban J connectivity index is 1.99. The van der Waals surface area contributed by atoms with Gasteiger partial charge < -0.3 is 5.11 Å². The summed E-state index contributed by atoms with van der Waals surface area (Å²) < 4.78 is 2.66. The zero-order valence-corrected chi connectivity index (χ0v) is 11.6. The van der Waals surface area contributed by atoms with Gasteiger partial charge in [-0.3, -0.25) is 0 Å². The van der Waals surface area contributed by atoms with Crippen LogP contribution in [-0.2, 0) is 0 Å². The van der Waals surface area contributed by atoms with Gasteiger partial charge in [0.15, 0.2) is 10.4 Å². The first-order valence-electron chi connectivity index (χ1n) is 5.29. The summed E-state index contributed by atoms with van der Waals surface area (Å²) in [5, 5.41) is 10.8. The molecule has 5 heteroatoms. The molecule has 0 saturated heterocycles. The Bertz CT molecular complexity index is 694. The molecule has 1 aromatic carbocycles. The van der Waals surface area contributed by atoms with Crippen LogP contribution in [0.5, 0.6) is 5.88 Å². The highest BCUT2D eigenvalue weighted by Gasteiger charge is 2.20. The van der Waals surface area contributed by atoms with E-state index in [2.05, 4.69) is 0 Å². The number of aromatic nitrogens is 1. The summed E-state index contributed by atoms with van der Waals surface area (Å²) in [6.07, 6.45) is 1.85. The predicted octanol–water partition coefficient (Wildman–Crippen LogP) is 4.00. The molecule has 0 atom stereocenters. The SMILES string of the molecule is Oc1c(Sc2ccc(Cl)cc2)sc2cccc[n+]12. The number of rotatable bonds is 2. The minimum absolute atomic E-state index is 0.288. The molecule has 0 aliphatic carbocycles. The highest BCUT2D eigenvalue weighted by molar-refractivity contribution is 8.01. The van der Waals surface area contributed by atoms with Crippen LogP contribution in [0.4, 0.5) is 0 Å². The molecule has 0 aliphatic heterocycles. The van der Waals surface area contributed by atoms with Crippen molar-refractivity contribution in [2.24, 2.45) is 0 Å². The van der Waals surface area contributed by atoms with Crippen LogP contribution in [0.2, 0.25) is 5.02 Å². The smallest absolute Gasteiger partial charge is 0.397 e. The first kappa shape index (κ1) is 11.8. The number of benzene rings is 1. The molecule has 0 unspecified atom stereocenters. The van der Waals surface area contributed by atoms with Crippen molar-refractivity contribution in [3.05, 3.63) is 53.7 Å². The third-order valence-electron chi connectivity index (χ3n) is 2.45. The summed E-state index contributed by atoms with van der Waals surface area (Å²) >= 11 is 8.95. The minimum Gasteiger partial charge on any atom is -0.458 e. The first-order chi connectivity index (χ1) is 8.74. The predicted molar refractivity (Wildman–Crippen MR) is 74.7 cm³/mol. The number of aromatic hydroxyl groups is 1. The molecule has 0 fully saturated rings. The van der Waals surface area contributed by atoms with Crippen molar-refractivity contribution in [1.29, 1.82) is 0 Å². The average Bonchev–Trinajstić information content (AvgIpc) is 2.70. The quantitative estimate of drug-likeness (QED) is 0.723. The lowest BCUT2D eigenvalue weighted by Gasteiger charge is -1.96. The molecule has 3 rings (SSSR count). The molecule has 0 saturated carbocycles. The molecule has 3 aromatic rings. The van der Waals surface area contributed by atoms with Crippen LogP contribution >= 0.6 is 34.7 Å². The highest BCUT2D eigenvalue weighted by Crippen LogP contribution is 2.38. The Labute approximate surface area is 117 Å². The molecule has 2 heterocycles. The van der Waals surface area contributed by atoms with E-state index in [0.29, 0.717) is 5.02 Å². The fourth-order valence-corrected chi connectivity index (χ4v) is 3.89. The number of nitrogens with zero attached hydrogens (tertiary/aromatic N) is 1. The number of hydrogen-bond donors (Lipinski definition) is 1. The second kappa shape index (κ2) is 4.80. The van der Waals surface area contributed by atoms with Gasteiger partial charge in [0.25, 0.3) is 4.83 Å². The van der Waals surface area contributed by atoms with Gasteiger partial charge in [-0.15, -0.1) is 4.40 Å². The molecule has 0 amide bonds. The maximum atomic E-state index is 10.1. The highest BCUT2D eigenvalue weighted by atomic mass is 35.5. The van der Waals surface area contributed by atoms with Gasteiger partial charge in [0, 0.05) is 22.1 Å². The van der Waals surface area contributed by atoms with Crippen molar-refractivity contribution in [3.8, 4) is 5.88 Å². The van der Waals surface area contributed by atoms with E-state index in [9.17, 15) is 5.11 Å². The molecule has 0 aliphatic rings. The van der Waals surface area contributed by atoms with Gasteiger partial charge in [-0.2, -0.15) is 0 Å². The topological polar surface area (TPSA) is 24.3 Å². The molecule has 1 N–H and O–H groups in total. The summed E-state index contributed by atoms with van der Waals surface area (Å²) in [6, 6.07) is 13.4. The van der Waals surface area contributed by atoms with Crippen LogP contribution in [0.15, 0.2) is 57.8 Å². The largest absolute Gasteiger partial charge is 0.458 e. The van der Waals surface area contributed by atoms with Gasteiger partial charge in [0.2, 0.25) is 0 Å². The Hall–Kier alpha value is -1.23. The Morgan fingerprint density at radius 3 is 2.61 bits per heavy atom. The van der Waals surface area contributed by atoms with Crippen LogP contribution < -0.4 is 4.40 Å². The van der Waals surface area contributed by atoms with E-state index < -0.39 is 0 Å². The molecular weight excluding hydrogens is 286 g/mol. The van der Waals surface area contributed by atoms with Crippen molar-refractivity contribution >= 4 is 39.5 Å². The van der Waals surface area contributed by atoms with Crippen molar-refractivity contribution in [2.45, 2.75) is 9.10 Å². The Morgan fingerprint density at radius 2 is 1.89 bits per heavy atom. The number of halogens is 1. The van der Waals surface area contributed by atoms with E-state index in [1.807, 2.05) is 48.7 Å². The monoisotopic (exact) mass is 294 g/mol. The summed E-state index contributed by atoms with van der Waals surface area (Å²) in [4.78, 5) is 2.08. The van der Waals surface area contributed by atoms with E-state index in [1.165, 1.54) is 11.8 Å². The number of thiazole rings is 1. The van der Waals surface area contributed by atoms with Crippen molar-refractivity contribution in [1.82, 2.24) is 0 Å². The third-order valence-corrected chi connectivity index (χ3v) is 4.99. The maximum Gasteiger partial charge on any atom is 0.397 e. The standard InChI is InChI=1S/C13H8ClNOS2/c14-9-4-6-10(7-5-9)17-13-12(16)15-8-2-1-3-11(15)18-13/h1-8H/p+1. The molecule has 0 spiro atoms. The van der Waals surface area contributed by atoms with Crippen LogP contribution in [0, 0.1) is 0 Å². The van der Waals surface area contributed by atoms with Gasteiger partial charge in [0.1, 0.15) is 0 Å². The summed E-state index contributed by atoms with van der Waals surface area (Å²) in [5.41, 5.74) is 0. The van der Waals surface area contributed by atoms with Crippen molar-refractivity contribution in [3.63, 3.8) is 0 Å².